The first kappa shape index (κ1) is 11.3. The van der Waals surface area contributed by atoms with Gasteiger partial charge in [-0.25, -0.2) is 0 Å². The molecule has 0 aromatic carbocycles. The number of carbonyl (C=O) groups is 1. The summed E-state index contributed by atoms with van der Waals surface area (Å²) in [5, 5.41) is 8.05. The van der Waals surface area contributed by atoms with Gasteiger partial charge < -0.3 is 4.74 Å². The molecule has 1 aliphatic heterocycles. The maximum absolute atomic E-state index is 11.0. The number of azo groups is 1. The van der Waals surface area contributed by atoms with Crippen LogP contribution >= 0.6 is 0 Å². The molecule has 1 aliphatic carbocycles. The van der Waals surface area contributed by atoms with Crippen LogP contribution in [-0.2, 0) is 9.53 Å². The normalized spacial score (nSPS) is 24.9. The van der Waals surface area contributed by atoms with Crippen molar-refractivity contribution in [1.82, 2.24) is 0 Å². The van der Waals surface area contributed by atoms with Gasteiger partial charge in [-0.15, -0.1) is 5.11 Å². The van der Waals surface area contributed by atoms with Crippen LogP contribution in [0.15, 0.2) is 21.7 Å². The molecule has 0 atom stereocenters. The van der Waals surface area contributed by atoms with Crippen molar-refractivity contribution in [1.29, 1.82) is 0 Å². The molecule has 4 heteroatoms. The average Bonchev–Trinajstić information content (AvgIpc) is 2.55. The number of carbonyl (C=O) groups excluding carboxylic acids is 1. The van der Waals surface area contributed by atoms with E-state index in [-0.39, 0.29) is 6.10 Å². The summed E-state index contributed by atoms with van der Waals surface area (Å²) >= 11 is 0. The Kier molecular flexibility index (Phi) is 3.08. The van der Waals surface area contributed by atoms with Crippen LogP contribution in [0.4, 0.5) is 0 Å². The summed E-state index contributed by atoms with van der Waals surface area (Å²) in [6, 6.07) is 0. The molecule has 2 rings (SSSR count). The van der Waals surface area contributed by atoms with Crippen molar-refractivity contribution in [3.8, 4) is 0 Å². The highest BCUT2D eigenvalue weighted by atomic mass is 16.5. The van der Waals surface area contributed by atoms with Gasteiger partial charge in [0, 0.05) is 0 Å². The lowest BCUT2D eigenvalue weighted by molar-refractivity contribution is -0.105. The Bertz CT molecular complexity index is 339. The number of nitrogens with zero attached hydrogens (tertiary/aromatic N) is 2. The maximum atomic E-state index is 11.0. The van der Waals surface area contributed by atoms with Gasteiger partial charge in [-0.2, -0.15) is 5.11 Å². The average molecular weight is 222 g/mol. The summed E-state index contributed by atoms with van der Waals surface area (Å²) in [7, 11) is 0. The van der Waals surface area contributed by atoms with Crippen molar-refractivity contribution in [2.24, 2.45) is 10.2 Å². The molecule has 0 amide bonds. The largest absolute Gasteiger partial charge is 0.473 e. The number of ether oxygens (including phenoxy) is 1. The predicted molar refractivity (Wildman–Crippen MR) is 60.0 cm³/mol. The quantitative estimate of drug-likeness (QED) is 0.689. The second-order valence-electron chi connectivity index (χ2n) is 4.97. The molecule has 0 aromatic heterocycles. The fraction of sp³-hybridized carbons (Fsp3) is 0.750. The van der Waals surface area contributed by atoms with Crippen molar-refractivity contribution in [3.05, 3.63) is 11.5 Å². The summed E-state index contributed by atoms with van der Waals surface area (Å²) in [6.07, 6.45) is 6.84. The van der Waals surface area contributed by atoms with E-state index in [2.05, 4.69) is 10.2 Å². The molecule has 2 aliphatic rings. The van der Waals surface area contributed by atoms with Crippen molar-refractivity contribution in [2.75, 3.05) is 0 Å². The van der Waals surface area contributed by atoms with E-state index in [9.17, 15) is 4.79 Å². The Hall–Kier alpha value is -1.19. The first-order valence-electron chi connectivity index (χ1n) is 5.93. The van der Waals surface area contributed by atoms with Crippen molar-refractivity contribution >= 4 is 6.29 Å². The van der Waals surface area contributed by atoms with E-state index in [1.54, 1.807) is 0 Å². The first-order chi connectivity index (χ1) is 7.63. The zero-order chi connectivity index (χ0) is 11.6. The predicted octanol–water partition coefficient (Wildman–Crippen LogP) is 2.99. The third-order valence-electron chi connectivity index (χ3n) is 3.23. The lowest BCUT2D eigenvalue weighted by Gasteiger charge is -2.22. The van der Waals surface area contributed by atoms with E-state index in [1.165, 1.54) is 19.3 Å². The molecule has 1 fully saturated rings. The topological polar surface area (TPSA) is 51.0 Å². The smallest absolute Gasteiger partial charge is 0.242 e. The Morgan fingerprint density at radius 1 is 1.31 bits per heavy atom. The summed E-state index contributed by atoms with van der Waals surface area (Å²) in [4.78, 5) is 11.0. The summed E-state index contributed by atoms with van der Waals surface area (Å²) in [5.41, 5.74) is 0.0456. The Balaban J connectivity index is 2.08. The van der Waals surface area contributed by atoms with Crippen LogP contribution in [0.2, 0.25) is 0 Å². The van der Waals surface area contributed by atoms with Crippen LogP contribution in [0, 0.1) is 0 Å². The number of hydrogen-bond donors (Lipinski definition) is 0. The second-order valence-corrected chi connectivity index (χ2v) is 4.97. The van der Waals surface area contributed by atoms with E-state index in [0.717, 1.165) is 19.1 Å². The third-order valence-corrected chi connectivity index (χ3v) is 3.23. The highest BCUT2D eigenvalue weighted by Crippen LogP contribution is 2.33. The minimum atomic E-state index is -0.522. The minimum absolute atomic E-state index is 0.214. The van der Waals surface area contributed by atoms with Crippen LogP contribution in [0.1, 0.15) is 46.0 Å². The zero-order valence-corrected chi connectivity index (χ0v) is 9.90. The van der Waals surface area contributed by atoms with Gasteiger partial charge in [0.1, 0.15) is 11.6 Å². The van der Waals surface area contributed by atoms with Crippen molar-refractivity contribution in [3.63, 3.8) is 0 Å². The van der Waals surface area contributed by atoms with Gasteiger partial charge in [-0.3, -0.25) is 4.79 Å². The van der Waals surface area contributed by atoms with Gasteiger partial charge in [-0.1, -0.05) is 6.42 Å². The zero-order valence-electron chi connectivity index (χ0n) is 9.90. The van der Waals surface area contributed by atoms with E-state index >= 15 is 0 Å². The van der Waals surface area contributed by atoms with Crippen molar-refractivity contribution in [2.45, 2.75) is 57.6 Å². The van der Waals surface area contributed by atoms with Crippen molar-refractivity contribution < 1.29 is 9.53 Å². The minimum Gasteiger partial charge on any atom is -0.473 e. The molecule has 0 saturated heterocycles. The molecule has 4 nitrogen and oxygen atoms in total. The molecule has 0 radical (unpaired) electrons. The van der Waals surface area contributed by atoms with Gasteiger partial charge in [0.2, 0.25) is 5.88 Å². The summed E-state index contributed by atoms with van der Waals surface area (Å²) < 4.78 is 5.78. The molecule has 88 valence electrons. The van der Waals surface area contributed by atoms with E-state index in [0.29, 0.717) is 11.5 Å². The monoisotopic (exact) mass is 222 g/mol. The van der Waals surface area contributed by atoms with Gasteiger partial charge in [-0.05, 0) is 39.5 Å². The molecular weight excluding hydrogens is 204 g/mol. The molecule has 1 saturated carbocycles. The van der Waals surface area contributed by atoms with Crippen LogP contribution in [0.25, 0.3) is 0 Å². The SMILES string of the molecule is CC1(C)N=NC(OC2CCCCC2)=C1C=O. The third kappa shape index (κ3) is 2.15. The molecule has 0 N–H and O–H groups in total. The summed E-state index contributed by atoms with van der Waals surface area (Å²) in [5.74, 6) is 0.437. The van der Waals surface area contributed by atoms with Crippen LogP contribution in [-0.4, -0.2) is 17.9 Å². The maximum Gasteiger partial charge on any atom is 0.242 e. The molecule has 0 bridgehead atoms. The van der Waals surface area contributed by atoms with Crippen LogP contribution < -0.4 is 0 Å². The lowest BCUT2D eigenvalue weighted by atomic mass is 9.96. The van der Waals surface area contributed by atoms with E-state index in [1.807, 2.05) is 13.8 Å². The van der Waals surface area contributed by atoms with Gasteiger partial charge in [0.05, 0.1) is 5.57 Å². The summed E-state index contributed by atoms with van der Waals surface area (Å²) in [6.45, 7) is 3.74. The number of rotatable bonds is 3. The molecular formula is C12H18N2O2. The van der Waals surface area contributed by atoms with E-state index in [4.69, 9.17) is 4.74 Å². The molecule has 0 unspecified atom stereocenters. The van der Waals surface area contributed by atoms with Gasteiger partial charge >= 0.3 is 0 Å². The Morgan fingerprint density at radius 3 is 2.62 bits per heavy atom. The fourth-order valence-corrected chi connectivity index (χ4v) is 2.16. The highest BCUT2D eigenvalue weighted by molar-refractivity contribution is 5.78. The van der Waals surface area contributed by atoms with Crippen LogP contribution in [0.3, 0.4) is 0 Å². The first-order valence-corrected chi connectivity index (χ1v) is 5.93. The molecule has 0 spiro atoms. The van der Waals surface area contributed by atoms with Gasteiger partial charge in [0.15, 0.2) is 6.29 Å². The van der Waals surface area contributed by atoms with E-state index < -0.39 is 5.54 Å². The Morgan fingerprint density at radius 2 is 2.00 bits per heavy atom. The van der Waals surface area contributed by atoms with Crippen LogP contribution in [0.5, 0.6) is 0 Å². The standard InChI is InChI=1S/C12H18N2O2/c1-12(2)10(8-15)11(13-14-12)16-9-6-4-3-5-7-9/h8-9H,3-7H2,1-2H3. The Labute approximate surface area is 95.8 Å². The lowest BCUT2D eigenvalue weighted by Crippen LogP contribution is -2.21. The molecule has 16 heavy (non-hydrogen) atoms. The molecule has 0 aromatic rings. The second kappa shape index (κ2) is 4.36. The highest BCUT2D eigenvalue weighted by Gasteiger charge is 2.33. The fourth-order valence-electron chi connectivity index (χ4n) is 2.16. The number of aldehydes is 1. The van der Waals surface area contributed by atoms with Gasteiger partial charge in [0.25, 0.3) is 0 Å². The molecule has 1 heterocycles. The number of hydrogen-bond acceptors (Lipinski definition) is 4.